The van der Waals surface area contributed by atoms with Gasteiger partial charge < -0.3 is 9.15 Å². The molecule has 0 radical (unpaired) electrons. The molecular formula is C18H16N3O2+. The first-order valence-corrected chi connectivity index (χ1v) is 7.10. The van der Waals surface area contributed by atoms with Crippen molar-refractivity contribution in [1.29, 1.82) is 5.26 Å². The monoisotopic (exact) mass is 306 g/mol. The molecule has 0 saturated heterocycles. The van der Waals surface area contributed by atoms with E-state index in [2.05, 4.69) is 11.1 Å². The lowest BCUT2D eigenvalue weighted by molar-refractivity contribution is -0.348. The minimum Gasteiger partial charge on any atom is -0.496 e. The molecule has 23 heavy (non-hydrogen) atoms. The number of H-pyrrole nitrogens is 1. The van der Waals surface area contributed by atoms with E-state index < -0.39 is 0 Å². The molecule has 3 aromatic rings. The van der Waals surface area contributed by atoms with E-state index in [0.717, 1.165) is 11.3 Å². The Balaban J connectivity index is 2.27. The van der Waals surface area contributed by atoms with Crippen molar-refractivity contribution in [1.82, 2.24) is 0 Å². The molecule has 2 aromatic heterocycles. The highest BCUT2D eigenvalue weighted by Crippen LogP contribution is 2.35. The molecule has 3 N–H and O–H groups in total. The summed E-state index contributed by atoms with van der Waals surface area (Å²) in [5.74, 6) is 2.43. The van der Waals surface area contributed by atoms with Crippen molar-refractivity contribution >= 4 is 5.82 Å². The van der Waals surface area contributed by atoms with Gasteiger partial charge in [0.15, 0.2) is 11.5 Å². The van der Waals surface area contributed by atoms with Crippen molar-refractivity contribution in [3.05, 3.63) is 53.8 Å². The highest BCUT2D eigenvalue weighted by atomic mass is 16.5. The number of para-hydroxylation sites is 1. The molecule has 0 aliphatic rings. The van der Waals surface area contributed by atoms with Crippen molar-refractivity contribution in [2.24, 2.45) is 0 Å². The second-order valence-corrected chi connectivity index (χ2v) is 5.11. The predicted molar refractivity (Wildman–Crippen MR) is 86.6 cm³/mol. The van der Waals surface area contributed by atoms with Crippen LogP contribution < -0.4 is 15.5 Å². The number of nitrogens with two attached hydrogens (primary N) is 1. The highest BCUT2D eigenvalue weighted by Gasteiger charge is 2.20. The summed E-state index contributed by atoms with van der Waals surface area (Å²) in [6, 6.07) is 15.3. The van der Waals surface area contributed by atoms with Crippen molar-refractivity contribution in [2.75, 3.05) is 12.8 Å². The van der Waals surface area contributed by atoms with Crippen LogP contribution in [0.3, 0.4) is 0 Å². The summed E-state index contributed by atoms with van der Waals surface area (Å²) in [5, 5.41) is 9.48. The molecule has 0 saturated carbocycles. The predicted octanol–water partition coefficient (Wildman–Crippen LogP) is 3.20. The molecule has 3 rings (SSSR count). The Morgan fingerprint density at radius 1 is 1.17 bits per heavy atom. The first kappa shape index (κ1) is 14.7. The van der Waals surface area contributed by atoms with Gasteiger partial charge in [0.05, 0.1) is 7.11 Å². The number of methoxy groups -OCH3 is 1. The molecule has 114 valence electrons. The Hall–Kier alpha value is -3.26. The minimum absolute atomic E-state index is 0.292. The number of aromatic nitrogens is 1. The van der Waals surface area contributed by atoms with Crippen LogP contribution in [0.2, 0.25) is 0 Å². The molecule has 0 atom stereocenters. The molecule has 5 heteroatoms. The van der Waals surface area contributed by atoms with Gasteiger partial charge in [-0.25, -0.2) is 4.98 Å². The summed E-state index contributed by atoms with van der Waals surface area (Å²) in [6.07, 6.45) is 0. The van der Waals surface area contributed by atoms with Crippen LogP contribution >= 0.6 is 0 Å². The summed E-state index contributed by atoms with van der Waals surface area (Å²) in [4.78, 5) is 3.02. The van der Waals surface area contributed by atoms with Gasteiger partial charge in [-0.15, -0.1) is 0 Å². The number of anilines is 1. The molecular weight excluding hydrogens is 290 g/mol. The van der Waals surface area contributed by atoms with Crippen LogP contribution in [0.1, 0.15) is 11.3 Å². The van der Waals surface area contributed by atoms with Crippen LogP contribution in [-0.2, 0) is 0 Å². The van der Waals surface area contributed by atoms with Crippen LogP contribution in [0.4, 0.5) is 5.82 Å². The zero-order chi connectivity index (χ0) is 16.4. The Morgan fingerprint density at radius 3 is 2.61 bits per heavy atom. The molecule has 0 fully saturated rings. The van der Waals surface area contributed by atoms with E-state index in [1.807, 2.05) is 49.4 Å². The van der Waals surface area contributed by atoms with E-state index in [1.165, 1.54) is 0 Å². The second kappa shape index (κ2) is 5.85. The molecule has 0 spiro atoms. The third-order valence-corrected chi connectivity index (χ3v) is 3.61. The number of nitrogen functional groups attached to an aromatic ring is 1. The molecule has 5 nitrogen and oxygen atoms in total. The summed E-state index contributed by atoms with van der Waals surface area (Å²) in [6.45, 7) is 1.87. The third kappa shape index (κ3) is 2.62. The van der Waals surface area contributed by atoms with Crippen molar-refractivity contribution in [3.63, 3.8) is 0 Å². The number of rotatable bonds is 3. The first-order chi connectivity index (χ1) is 11.1. The number of nitriles is 1. The maximum Gasteiger partial charge on any atom is 0.289 e. The second-order valence-electron chi connectivity index (χ2n) is 5.11. The van der Waals surface area contributed by atoms with E-state index in [4.69, 9.17) is 14.9 Å². The summed E-state index contributed by atoms with van der Waals surface area (Å²) in [7, 11) is 1.60. The summed E-state index contributed by atoms with van der Waals surface area (Å²) in [5.41, 5.74) is 8.63. The molecule has 0 unspecified atom stereocenters. The van der Waals surface area contributed by atoms with Crippen LogP contribution in [0.25, 0.3) is 22.6 Å². The van der Waals surface area contributed by atoms with Gasteiger partial charge in [0.2, 0.25) is 0 Å². The van der Waals surface area contributed by atoms with Gasteiger partial charge in [-0.2, -0.15) is 5.26 Å². The van der Waals surface area contributed by atoms with E-state index in [0.29, 0.717) is 34.1 Å². The molecule has 2 heterocycles. The van der Waals surface area contributed by atoms with Gasteiger partial charge in [-0.1, -0.05) is 18.2 Å². The zero-order valence-corrected chi connectivity index (χ0v) is 12.9. The van der Waals surface area contributed by atoms with Crippen molar-refractivity contribution in [3.8, 4) is 34.4 Å². The fraction of sp³-hybridized carbons (Fsp3) is 0.111. The van der Waals surface area contributed by atoms with Gasteiger partial charge in [-0.3, -0.25) is 5.73 Å². The lowest BCUT2D eigenvalue weighted by Gasteiger charge is -2.10. The number of pyridine rings is 1. The smallest absolute Gasteiger partial charge is 0.289 e. The number of furan rings is 1. The maximum absolute atomic E-state index is 9.48. The molecule has 0 bridgehead atoms. The Bertz CT molecular complexity index is 907. The van der Waals surface area contributed by atoms with Gasteiger partial charge in [0.1, 0.15) is 23.1 Å². The van der Waals surface area contributed by atoms with Gasteiger partial charge >= 0.3 is 0 Å². The van der Waals surface area contributed by atoms with Crippen molar-refractivity contribution < 1.29 is 14.1 Å². The Labute approximate surface area is 134 Å². The molecule has 0 aliphatic carbocycles. The average molecular weight is 306 g/mol. The van der Waals surface area contributed by atoms with E-state index in [1.54, 1.807) is 7.11 Å². The van der Waals surface area contributed by atoms with Gasteiger partial charge in [0, 0.05) is 11.1 Å². The van der Waals surface area contributed by atoms with Crippen LogP contribution in [0.15, 0.2) is 46.9 Å². The number of nitrogens with zero attached hydrogens (tertiary/aromatic N) is 1. The maximum atomic E-state index is 9.48. The average Bonchev–Trinajstić information content (AvgIpc) is 3.00. The number of hydrogen-bond donors (Lipinski definition) is 1. The molecule has 0 amide bonds. The summed E-state index contributed by atoms with van der Waals surface area (Å²) >= 11 is 0. The molecule has 1 aromatic carbocycles. The fourth-order valence-electron chi connectivity index (χ4n) is 2.52. The number of nitrogens with one attached hydrogen (secondary N) is 1. The lowest BCUT2D eigenvalue weighted by atomic mass is 9.99. The molecule has 0 aliphatic heterocycles. The largest absolute Gasteiger partial charge is 0.496 e. The van der Waals surface area contributed by atoms with E-state index >= 15 is 0 Å². The van der Waals surface area contributed by atoms with Crippen LogP contribution in [0.5, 0.6) is 5.75 Å². The van der Waals surface area contributed by atoms with E-state index in [9.17, 15) is 5.26 Å². The summed E-state index contributed by atoms with van der Waals surface area (Å²) < 4.78 is 11.0. The van der Waals surface area contributed by atoms with Crippen molar-refractivity contribution in [2.45, 2.75) is 6.92 Å². The minimum atomic E-state index is 0.292. The number of benzene rings is 1. The van der Waals surface area contributed by atoms with Crippen LogP contribution in [-0.4, -0.2) is 7.11 Å². The quantitative estimate of drug-likeness (QED) is 0.805. The Kier molecular flexibility index (Phi) is 3.73. The normalized spacial score (nSPS) is 10.3. The topological polar surface area (TPSA) is 86.3 Å². The van der Waals surface area contributed by atoms with Gasteiger partial charge in [-0.05, 0) is 31.2 Å². The number of hydrogen-bond acceptors (Lipinski definition) is 4. The van der Waals surface area contributed by atoms with E-state index in [-0.39, 0.29) is 0 Å². The van der Waals surface area contributed by atoms with Gasteiger partial charge in [0.25, 0.3) is 5.82 Å². The number of aromatic amines is 1. The number of aryl methyl sites for hydroxylation is 1. The highest BCUT2D eigenvalue weighted by molar-refractivity contribution is 5.80. The Morgan fingerprint density at radius 2 is 1.96 bits per heavy atom. The lowest BCUT2D eigenvalue weighted by Crippen LogP contribution is -2.16. The first-order valence-electron chi connectivity index (χ1n) is 7.10. The SMILES string of the molecule is COc1ccccc1-c1cc(-c2ccc(C)o2)[nH+]c(N)c1C#N. The van der Waals surface area contributed by atoms with Crippen LogP contribution in [0, 0.1) is 18.3 Å². The number of ether oxygens (including phenoxy) is 1. The zero-order valence-electron chi connectivity index (χ0n) is 12.9. The fourth-order valence-corrected chi connectivity index (χ4v) is 2.52. The standard InChI is InChI=1S/C18H15N3O2/c1-11-7-8-17(23-11)15-9-13(14(10-19)18(20)21-15)12-5-3-4-6-16(12)22-2/h3-9H,1-2H3,(H2,20,21)/p+1. The third-order valence-electron chi connectivity index (χ3n) is 3.61.